The molecule has 0 amide bonds. The van der Waals surface area contributed by atoms with Gasteiger partial charge in [0.25, 0.3) is 5.89 Å². The fraction of sp³-hybridized carbons (Fsp3) is 0.467. The standard InChI is InChI=1S/C15H21N3O4/c1-9(16-2)8-12-17-15(22-18-12)10-6-7-11(19-3)14(21-5)13(10)20-4/h6-7,9,16H,8H2,1-5H3. The van der Waals surface area contributed by atoms with Crippen molar-refractivity contribution < 1.29 is 18.7 Å². The van der Waals surface area contributed by atoms with Gasteiger partial charge in [0.2, 0.25) is 5.75 Å². The summed E-state index contributed by atoms with van der Waals surface area (Å²) in [6.45, 7) is 2.05. The second-order valence-corrected chi connectivity index (χ2v) is 4.79. The van der Waals surface area contributed by atoms with E-state index < -0.39 is 0 Å². The van der Waals surface area contributed by atoms with Gasteiger partial charge < -0.3 is 24.1 Å². The topological polar surface area (TPSA) is 78.6 Å². The maximum absolute atomic E-state index is 5.43. The predicted octanol–water partition coefficient (Wildman–Crippen LogP) is 1.91. The van der Waals surface area contributed by atoms with Crippen LogP contribution < -0.4 is 19.5 Å². The van der Waals surface area contributed by atoms with Crippen LogP contribution in [0.1, 0.15) is 12.7 Å². The van der Waals surface area contributed by atoms with Crippen molar-refractivity contribution in [2.24, 2.45) is 0 Å². The number of hydrogen-bond donors (Lipinski definition) is 1. The summed E-state index contributed by atoms with van der Waals surface area (Å²) < 4.78 is 21.4. The summed E-state index contributed by atoms with van der Waals surface area (Å²) in [4.78, 5) is 4.41. The van der Waals surface area contributed by atoms with Gasteiger partial charge in [0.15, 0.2) is 17.3 Å². The molecule has 120 valence electrons. The van der Waals surface area contributed by atoms with Crippen LogP contribution in [0.15, 0.2) is 16.7 Å². The molecule has 22 heavy (non-hydrogen) atoms. The molecule has 0 aliphatic rings. The summed E-state index contributed by atoms with van der Waals surface area (Å²) in [5.41, 5.74) is 0.663. The average molecular weight is 307 g/mol. The number of nitrogens with zero attached hydrogens (tertiary/aromatic N) is 2. The zero-order valence-electron chi connectivity index (χ0n) is 13.5. The summed E-state index contributed by atoms with van der Waals surface area (Å²) in [6, 6.07) is 3.84. The van der Waals surface area contributed by atoms with E-state index in [9.17, 15) is 0 Å². The first-order chi connectivity index (χ1) is 10.6. The minimum atomic E-state index is 0.262. The SMILES string of the molecule is CNC(C)Cc1noc(-c2ccc(OC)c(OC)c2OC)n1. The molecule has 0 radical (unpaired) electrons. The largest absolute Gasteiger partial charge is 0.493 e. The molecule has 0 aliphatic carbocycles. The van der Waals surface area contributed by atoms with E-state index in [0.29, 0.717) is 40.9 Å². The molecule has 2 aromatic rings. The molecule has 7 heteroatoms. The Balaban J connectivity index is 2.40. The fourth-order valence-electron chi connectivity index (χ4n) is 2.09. The van der Waals surface area contributed by atoms with Gasteiger partial charge in [0, 0.05) is 12.5 Å². The molecule has 0 spiro atoms. The number of hydrogen-bond acceptors (Lipinski definition) is 7. The normalized spacial score (nSPS) is 12.0. The second-order valence-electron chi connectivity index (χ2n) is 4.79. The van der Waals surface area contributed by atoms with Crippen molar-refractivity contribution in [1.29, 1.82) is 0 Å². The van der Waals surface area contributed by atoms with E-state index in [1.807, 2.05) is 14.0 Å². The highest BCUT2D eigenvalue weighted by molar-refractivity contribution is 5.71. The minimum Gasteiger partial charge on any atom is -0.493 e. The van der Waals surface area contributed by atoms with Crippen LogP contribution in [-0.4, -0.2) is 44.6 Å². The molecular formula is C15H21N3O4. The van der Waals surface area contributed by atoms with Gasteiger partial charge >= 0.3 is 0 Å². The smallest absolute Gasteiger partial charge is 0.261 e. The summed E-state index contributed by atoms with van der Waals surface area (Å²) in [5.74, 6) is 2.58. The summed E-state index contributed by atoms with van der Waals surface area (Å²) in [5, 5.41) is 7.14. The second kappa shape index (κ2) is 7.13. The van der Waals surface area contributed by atoms with Gasteiger partial charge in [0.05, 0.1) is 26.9 Å². The molecule has 0 aliphatic heterocycles. The molecule has 1 unspecified atom stereocenters. The van der Waals surface area contributed by atoms with E-state index in [1.54, 1.807) is 33.5 Å². The van der Waals surface area contributed by atoms with Crippen LogP contribution in [0.25, 0.3) is 11.5 Å². The molecule has 7 nitrogen and oxygen atoms in total. The quantitative estimate of drug-likeness (QED) is 0.837. The van der Waals surface area contributed by atoms with E-state index in [0.717, 1.165) is 0 Å². The molecule has 1 N–H and O–H groups in total. The van der Waals surface area contributed by atoms with Crippen LogP contribution in [-0.2, 0) is 6.42 Å². The number of rotatable bonds is 7. The Morgan fingerprint density at radius 1 is 1.14 bits per heavy atom. The van der Waals surface area contributed by atoms with Crippen LogP contribution in [0.5, 0.6) is 17.2 Å². The lowest BCUT2D eigenvalue weighted by Crippen LogP contribution is -2.24. The Hall–Kier alpha value is -2.28. The van der Waals surface area contributed by atoms with Gasteiger partial charge in [-0.2, -0.15) is 4.98 Å². The Bertz CT molecular complexity index is 627. The third kappa shape index (κ3) is 3.14. The number of aromatic nitrogens is 2. The molecule has 1 atom stereocenters. The minimum absolute atomic E-state index is 0.262. The first-order valence-electron chi connectivity index (χ1n) is 6.93. The molecule has 0 bridgehead atoms. The number of nitrogens with one attached hydrogen (secondary N) is 1. The van der Waals surface area contributed by atoms with Gasteiger partial charge in [-0.15, -0.1) is 0 Å². The van der Waals surface area contributed by atoms with Crippen molar-refractivity contribution in [3.8, 4) is 28.7 Å². The van der Waals surface area contributed by atoms with Gasteiger partial charge in [-0.05, 0) is 26.1 Å². The molecule has 1 aromatic carbocycles. The molecular weight excluding hydrogens is 286 g/mol. The first kappa shape index (κ1) is 16.1. The van der Waals surface area contributed by atoms with Gasteiger partial charge in [-0.3, -0.25) is 0 Å². The summed E-state index contributed by atoms with van der Waals surface area (Å²) >= 11 is 0. The lowest BCUT2D eigenvalue weighted by molar-refractivity contribution is 0.324. The number of ether oxygens (including phenoxy) is 3. The van der Waals surface area contributed by atoms with Crippen molar-refractivity contribution in [2.45, 2.75) is 19.4 Å². The average Bonchev–Trinajstić information content (AvgIpc) is 3.01. The predicted molar refractivity (Wildman–Crippen MR) is 81.6 cm³/mol. The highest BCUT2D eigenvalue weighted by atomic mass is 16.5. The summed E-state index contributed by atoms with van der Waals surface area (Å²) in [7, 11) is 6.57. The third-order valence-electron chi connectivity index (χ3n) is 3.38. The zero-order valence-corrected chi connectivity index (χ0v) is 13.5. The van der Waals surface area contributed by atoms with Crippen molar-refractivity contribution in [1.82, 2.24) is 15.5 Å². The molecule has 0 saturated carbocycles. The van der Waals surface area contributed by atoms with Crippen LogP contribution in [0.3, 0.4) is 0 Å². The number of methoxy groups -OCH3 is 3. The van der Waals surface area contributed by atoms with E-state index in [4.69, 9.17) is 18.7 Å². The highest BCUT2D eigenvalue weighted by Crippen LogP contribution is 2.43. The maximum atomic E-state index is 5.43. The summed E-state index contributed by atoms with van der Waals surface area (Å²) in [6.07, 6.45) is 0.676. The van der Waals surface area contributed by atoms with Crippen LogP contribution in [0.4, 0.5) is 0 Å². The van der Waals surface area contributed by atoms with E-state index in [1.165, 1.54) is 0 Å². The Morgan fingerprint density at radius 3 is 2.45 bits per heavy atom. The Kier molecular flexibility index (Phi) is 5.21. The first-order valence-corrected chi connectivity index (χ1v) is 6.93. The zero-order chi connectivity index (χ0) is 16.1. The highest BCUT2D eigenvalue weighted by Gasteiger charge is 2.21. The molecule has 2 rings (SSSR count). The van der Waals surface area contributed by atoms with Crippen LogP contribution >= 0.6 is 0 Å². The van der Waals surface area contributed by atoms with Gasteiger partial charge in [0.1, 0.15) is 0 Å². The van der Waals surface area contributed by atoms with Crippen LogP contribution in [0, 0.1) is 0 Å². The molecule has 0 fully saturated rings. The molecule has 0 saturated heterocycles. The van der Waals surface area contributed by atoms with Crippen molar-refractivity contribution in [2.75, 3.05) is 28.4 Å². The monoisotopic (exact) mass is 307 g/mol. The van der Waals surface area contributed by atoms with E-state index in [-0.39, 0.29) is 6.04 Å². The molecule has 1 aromatic heterocycles. The number of benzene rings is 1. The Labute approximate surface area is 129 Å². The lowest BCUT2D eigenvalue weighted by Gasteiger charge is -2.13. The van der Waals surface area contributed by atoms with Gasteiger partial charge in [-0.25, -0.2) is 0 Å². The molecule has 1 heterocycles. The van der Waals surface area contributed by atoms with Crippen LogP contribution in [0.2, 0.25) is 0 Å². The van der Waals surface area contributed by atoms with Crippen molar-refractivity contribution in [3.05, 3.63) is 18.0 Å². The Morgan fingerprint density at radius 2 is 1.86 bits per heavy atom. The third-order valence-corrected chi connectivity index (χ3v) is 3.38. The van der Waals surface area contributed by atoms with E-state index >= 15 is 0 Å². The maximum Gasteiger partial charge on any atom is 0.261 e. The number of likely N-dealkylation sites (N-methyl/N-ethyl adjacent to an activating group) is 1. The van der Waals surface area contributed by atoms with Gasteiger partial charge in [-0.1, -0.05) is 5.16 Å². The van der Waals surface area contributed by atoms with Crippen molar-refractivity contribution >= 4 is 0 Å². The van der Waals surface area contributed by atoms with E-state index in [2.05, 4.69) is 15.5 Å². The lowest BCUT2D eigenvalue weighted by atomic mass is 10.1. The fourth-order valence-corrected chi connectivity index (χ4v) is 2.09. The van der Waals surface area contributed by atoms with Crippen molar-refractivity contribution in [3.63, 3.8) is 0 Å².